The van der Waals surface area contributed by atoms with Crippen LogP contribution < -0.4 is 10.1 Å². The molecule has 1 aliphatic rings. The van der Waals surface area contributed by atoms with Crippen LogP contribution in [-0.4, -0.2) is 17.6 Å². The third kappa shape index (κ3) is 3.97. The quantitative estimate of drug-likeness (QED) is 0.751. The van der Waals surface area contributed by atoms with E-state index in [1.807, 2.05) is 18.2 Å². The number of benzene rings is 1. The van der Waals surface area contributed by atoms with Crippen molar-refractivity contribution in [2.24, 2.45) is 0 Å². The highest BCUT2D eigenvalue weighted by atomic mass is 16.5. The van der Waals surface area contributed by atoms with Crippen LogP contribution in [0, 0.1) is 0 Å². The fraction of sp³-hybridized carbons (Fsp3) is 0.562. The van der Waals surface area contributed by atoms with Crippen molar-refractivity contribution < 1.29 is 14.6 Å². The summed E-state index contributed by atoms with van der Waals surface area (Å²) in [6.45, 7) is 2.25. The molecule has 2 N–H and O–H groups in total. The number of hydrogen-bond acceptors (Lipinski definition) is 3. The molecule has 20 heavy (non-hydrogen) atoms. The van der Waals surface area contributed by atoms with Gasteiger partial charge in [0, 0.05) is 0 Å². The number of nitrogens with one attached hydrogen (secondary N) is 1. The van der Waals surface area contributed by atoms with E-state index in [0.29, 0.717) is 11.4 Å². The van der Waals surface area contributed by atoms with Gasteiger partial charge in [-0.05, 0) is 24.1 Å². The molecule has 0 radical (unpaired) electrons. The van der Waals surface area contributed by atoms with Crippen molar-refractivity contribution in [3.63, 3.8) is 0 Å². The maximum Gasteiger partial charge on any atom is 0.262 e. The standard InChI is InChI=1S/C16H23NO3/c1-2-3-4-5-6-7-14(18)12-8-9-15-13(10-12)17-16(19)11-20-15/h8-10,14,18H,2-7,11H2,1H3,(H,17,19). The highest BCUT2D eigenvalue weighted by Crippen LogP contribution is 2.31. The van der Waals surface area contributed by atoms with Crippen LogP contribution in [0.4, 0.5) is 5.69 Å². The van der Waals surface area contributed by atoms with E-state index >= 15 is 0 Å². The fourth-order valence-electron chi connectivity index (χ4n) is 2.42. The number of carbonyl (C=O) groups excluding carboxylic acids is 1. The average Bonchev–Trinajstić information content (AvgIpc) is 2.46. The molecule has 0 aliphatic carbocycles. The van der Waals surface area contributed by atoms with Gasteiger partial charge in [0.2, 0.25) is 0 Å². The Morgan fingerprint density at radius 1 is 1.30 bits per heavy atom. The minimum atomic E-state index is -0.472. The van der Waals surface area contributed by atoms with Gasteiger partial charge in [0.25, 0.3) is 5.91 Å². The Kier molecular flexibility index (Phi) is 5.41. The number of rotatable bonds is 7. The molecule has 2 rings (SSSR count). The first-order valence-corrected chi connectivity index (χ1v) is 7.45. The van der Waals surface area contributed by atoms with Crippen molar-refractivity contribution in [1.82, 2.24) is 0 Å². The summed E-state index contributed by atoms with van der Waals surface area (Å²) in [6.07, 6.45) is 6.21. The monoisotopic (exact) mass is 277 g/mol. The Morgan fingerprint density at radius 3 is 2.90 bits per heavy atom. The summed E-state index contributed by atoms with van der Waals surface area (Å²) in [4.78, 5) is 11.3. The zero-order valence-electron chi connectivity index (χ0n) is 12.0. The first kappa shape index (κ1) is 14.9. The van der Waals surface area contributed by atoms with E-state index in [1.54, 1.807) is 0 Å². The van der Waals surface area contributed by atoms with Gasteiger partial charge in [-0.25, -0.2) is 0 Å². The second-order valence-corrected chi connectivity index (χ2v) is 5.31. The van der Waals surface area contributed by atoms with Crippen LogP contribution in [0.15, 0.2) is 18.2 Å². The van der Waals surface area contributed by atoms with Gasteiger partial charge in [-0.1, -0.05) is 45.1 Å². The van der Waals surface area contributed by atoms with Gasteiger partial charge in [0.15, 0.2) is 6.61 Å². The molecule has 0 spiro atoms. The van der Waals surface area contributed by atoms with Crippen LogP contribution in [0.5, 0.6) is 5.75 Å². The number of anilines is 1. The fourth-order valence-corrected chi connectivity index (χ4v) is 2.42. The predicted molar refractivity (Wildman–Crippen MR) is 78.9 cm³/mol. The van der Waals surface area contributed by atoms with Gasteiger partial charge in [-0.15, -0.1) is 0 Å². The number of fused-ring (bicyclic) bond motifs is 1. The largest absolute Gasteiger partial charge is 0.482 e. The van der Waals surface area contributed by atoms with E-state index in [9.17, 15) is 9.90 Å². The van der Waals surface area contributed by atoms with Gasteiger partial charge in [0.1, 0.15) is 5.75 Å². The van der Waals surface area contributed by atoms with E-state index in [1.165, 1.54) is 19.3 Å². The van der Waals surface area contributed by atoms with Crippen molar-refractivity contribution in [2.75, 3.05) is 11.9 Å². The number of aliphatic hydroxyl groups excluding tert-OH is 1. The number of amides is 1. The van der Waals surface area contributed by atoms with Crippen molar-refractivity contribution in [3.8, 4) is 5.75 Å². The molecule has 1 amide bonds. The van der Waals surface area contributed by atoms with Gasteiger partial charge in [-0.3, -0.25) is 4.79 Å². The molecular formula is C16H23NO3. The minimum absolute atomic E-state index is 0.0618. The molecule has 4 nitrogen and oxygen atoms in total. The molecule has 4 heteroatoms. The lowest BCUT2D eigenvalue weighted by molar-refractivity contribution is -0.118. The number of carbonyl (C=O) groups is 1. The molecule has 1 aromatic rings. The average molecular weight is 277 g/mol. The third-order valence-corrected chi connectivity index (χ3v) is 3.60. The molecule has 110 valence electrons. The molecule has 1 heterocycles. The Labute approximate surface area is 120 Å². The van der Waals surface area contributed by atoms with Crippen molar-refractivity contribution in [1.29, 1.82) is 0 Å². The molecule has 1 aromatic carbocycles. The summed E-state index contributed by atoms with van der Waals surface area (Å²) in [5.74, 6) is 0.521. The summed E-state index contributed by atoms with van der Waals surface area (Å²) in [6, 6.07) is 5.49. The number of hydrogen-bond donors (Lipinski definition) is 2. The van der Waals surface area contributed by atoms with Gasteiger partial charge in [-0.2, -0.15) is 0 Å². The maximum absolute atomic E-state index is 11.3. The summed E-state index contributed by atoms with van der Waals surface area (Å²) >= 11 is 0. The van der Waals surface area contributed by atoms with Crippen LogP contribution in [0.3, 0.4) is 0 Å². The Bertz CT molecular complexity index is 459. The summed E-state index contributed by atoms with van der Waals surface area (Å²) in [5, 5.41) is 13.0. The molecule has 0 bridgehead atoms. The van der Waals surface area contributed by atoms with E-state index in [2.05, 4.69) is 12.2 Å². The SMILES string of the molecule is CCCCCCCC(O)c1ccc2c(c1)NC(=O)CO2. The highest BCUT2D eigenvalue weighted by molar-refractivity contribution is 5.95. The summed E-state index contributed by atoms with van der Waals surface area (Å²) < 4.78 is 5.30. The molecule has 1 aliphatic heterocycles. The first-order valence-electron chi connectivity index (χ1n) is 7.45. The second-order valence-electron chi connectivity index (χ2n) is 5.31. The van der Waals surface area contributed by atoms with Gasteiger partial charge < -0.3 is 15.2 Å². The van der Waals surface area contributed by atoms with E-state index < -0.39 is 6.10 Å². The highest BCUT2D eigenvalue weighted by Gasteiger charge is 2.17. The molecule has 0 fully saturated rings. The Morgan fingerprint density at radius 2 is 2.10 bits per heavy atom. The van der Waals surface area contributed by atoms with Crippen LogP contribution in [0.2, 0.25) is 0 Å². The lowest BCUT2D eigenvalue weighted by atomic mass is 10.0. The third-order valence-electron chi connectivity index (χ3n) is 3.60. The van der Waals surface area contributed by atoms with Crippen molar-refractivity contribution in [2.45, 2.75) is 51.6 Å². The van der Waals surface area contributed by atoms with Crippen LogP contribution in [-0.2, 0) is 4.79 Å². The van der Waals surface area contributed by atoms with Gasteiger partial charge >= 0.3 is 0 Å². The molecule has 1 unspecified atom stereocenters. The van der Waals surface area contributed by atoms with Crippen LogP contribution in [0.25, 0.3) is 0 Å². The molecule has 0 saturated carbocycles. The minimum Gasteiger partial charge on any atom is -0.482 e. The number of ether oxygens (including phenoxy) is 1. The molecule has 1 atom stereocenters. The predicted octanol–water partition coefficient (Wildman–Crippen LogP) is 3.41. The molecular weight excluding hydrogens is 254 g/mol. The Hall–Kier alpha value is -1.55. The lowest BCUT2D eigenvalue weighted by Crippen LogP contribution is -2.25. The number of aliphatic hydroxyl groups is 1. The molecule has 0 saturated heterocycles. The van der Waals surface area contributed by atoms with Crippen LogP contribution >= 0.6 is 0 Å². The van der Waals surface area contributed by atoms with Gasteiger partial charge in [0.05, 0.1) is 11.8 Å². The number of unbranched alkanes of at least 4 members (excludes halogenated alkanes) is 4. The second kappa shape index (κ2) is 7.29. The smallest absolute Gasteiger partial charge is 0.262 e. The maximum atomic E-state index is 11.3. The topological polar surface area (TPSA) is 58.6 Å². The zero-order chi connectivity index (χ0) is 14.4. The Balaban J connectivity index is 1.88. The van der Waals surface area contributed by atoms with Crippen molar-refractivity contribution in [3.05, 3.63) is 23.8 Å². The lowest BCUT2D eigenvalue weighted by Gasteiger charge is -2.20. The normalized spacial score (nSPS) is 15.2. The summed E-state index contributed by atoms with van der Waals surface area (Å²) in [5.41, 5.74) is 1.49. The summed E-state index contributed by atoms with van der Waals surface area (Å²) in [7, 11) is 0. The van der Waals surface area contributed by atoms with E-state index in [-0.39, 0.29) is 12.5 Å². The first-order chi connectivity index (χ1) is 9.70. The zero-order valence-corrected chi connectivity index (χ0v) is 12.0. The van der Waals surface area contributed by atoms with Crippen LogP contribution in [0.1, 0.15) is 57.1 Å². The van der Waals surface area contributed by atoms with E-state index in [4.69, 9.17) is 4.74 Å². The molecule has 0 aromatic heterocycles. The van der Waals surface area contributed by atoms with Crippen molar-refractivity contribution >= 4 is 11.6 Å². The van der Waals surface area contributed by atoms with E-state index in [0.717, 1.165) is 24.8 Å².